The average molecular weight is 386 g/mol. The first kappa shape index (κ1) is 18.6. The van der Waals surface area contributed by atoms with Crippen LogP contribution >= 0.6 is 11.6 Å². The SMILES string of the molecule is CC1CCN(S(=O)(=O)N2CCN(C(=O)c3ccccc3Cl)CC2)CC1. The molecule has 0 aliphatic carbocycles. The lowest BCUT2D eigenvalue weighted by Gasteiger charge is -2.38. The van der Waals surface area contributed by atoms with Gasteiger partial charge in [0.25, 0.3) is 16.1 Å². The monoisotopic (exact) mass is 385 g/mol. The summed E-state index contributed by atoms with van der Waals surface area (Å²) < 4.78 is 28.6. The van der Waals surface area contributed by atoms with Gasteiger partial charge in [-0.2, -0.15) is 17.0 Å². The molecule has 0 aromatic heterocycles. The molecule has 0 bridgehead atoms. The Kier molecular flexibility index (Phi) is 5.68. The van der Waals surface area contributed by atoms with E-state index in [2.05, 4.69) is 6.92 Å². The van der Waals surface area contributed by atoms with E-state index in [4.69, 9.17) is 11.6 Å². The number of nitrogens with zero attached hydrogens (tertiary/aromatic N) is 3. The Balaban J connectivity index is 1.62. The number of halogens is 1. The summed E-state index contributed by atoms with van der Waals surface area (Å²) in [7, 11) is -3.43. The molecule has 2 aliphatic heterocycles. The van der Waals surface area contributed by atoms with E-state index in [9.17, 15) is 13.2 Å². The van der Waals surface area contributed by atoms with Gasteiger partial charge in [0.15, 0.2) is 0 Å². The lowest BCUT2D eigenvalue weighted by atomic mass is 10.0. The van der Waals surface area contributed by atoms with Gasteiger partial charge in [-0.05, 0) is 30.9 Å². The molecule has 1 aromatic rings. The quantitative estimate of drug-likeness (QED) is 0.800. The van der Waals surface area contributed by atoms with Gasteiger partial charge in [-0.15, -0.1) is 0 Å². The van der Waals surface area contributed by atoms with Gasteiger partial charge in [0.2, 0.25) is 0 Å². The van der Waals surface area contributed by atoms with Gasteiger partial charge in [-0.3, -0.25) is 4.79 Å². The first-order valence-electron chi connectivity index (χ1n) is 8.68. The molecule has 1 aromatic carbocycles. The number of piperazine rings is 1. The smallest absolute Gasteiger partial charge is 0.282 e. The van der Waals surface area contributed by atoms with E-state index in [1.807, 2.05) is 0 Å². The number of carbonyl (C=O) groups excluding carboxylic acids is 1. The van der Waals surface area contributed by atoms with Crippen LogP contribution in [0.3, 0.4) is 0 Å². The molecule has 6 nitrogen and oxygen atoms in total. The highest BCUT2D eigenvalue weighted by molar-refractivity contribution is 7.86. The molecule has 2 fully saturated rings. The van der Waals surface area contributed by atoms with Crippen LogP contribution < -0.4 is 0 Å². The molecule has 0 saturated carbocycles. The maximum atomic E-state index is 12.8. The molecule has 2 heterocycles. The van der Waals surface area contributed by atoms with Gasteiger partial charge < -0.3 is 4.90 Å². The molecular formula is C17H24ClN3O3S. The fraction of sp³-hybridized carbons (Fsp3) is 0.588. The Labute approximate surface area is 154 Å². The first-order valence-corrected chi connectivity index (χ1v) is 10.5. The Bertz CT molecular complexity index is 724. The normalized spacial score (nSPS) is 21.4. The minimum absolute atomic E-state index is 0.144. The maximum Gasteiger partial charge on any atom is 0.282 e. The summed E-state index contributed by atoms with van der Waals surface area (Å²) in [5.41, 5.74) is 0.463. The van der Waals surface area contributed by atoms with Gasteiger partial charge in [0.1, 0.15) is 0 Å². The topological polar surface area (TPSA) is 60.9 Å². The van der Waals surface area contributed by atoms with Crippen molar-refractivity contribution in [2.45, 2.75) is 19.8 Å². The first-order chi connectivity index (χ1) is 11.9. The van der Waals surface area contributed by atoms with Crippen LogP contribution in [0.5, 0.6) is 0 Å². The second kappa shape index (κ2) is 7.61. The number of hydrogen-bond acceptors (Lipinski definition) is 3. The van der Waals surface area contributed by atoms with Gasteiger partial charge in [0, 0.05) is 39.3 Å². The van der Waals surface area contributed by atoms with Crippen LogP contribution in [0.15, 0.2) is 24.3 Å². The summed E-state index contributed by atoms with van der Waals surface area (Å²) in [4.78, 5) is 14.2. The number of carbonyl (C=O) groups is 1. The maximum absolute atomic E-state index is 12.8. The van der Waals surface area contributed by atoms with Gasteiger partial charge >= 0.3 is 0 Å². The molecule has 0 unspecified atom stereocenters. The molecule has 25 heavy (non-hydrogen) atoms. The highest BCUT2D eigenvalue weighted by Gasteiger charge is 2.35. The molecule has 8 heteroatoms. The predicted octanol–water partition coefficient (Wildman–Crippen LogP) is 2.07. The largest absolute Gasteiger partial charge is 0.336 e. The molecule has 0 N–H and O–H groups in total. The molecule has 0 spiro atoms. The van der Waals surface area contributed by atoms with Crippen molar-refractivity contribution in [2.24, 2.45) is 5.92 Å². The summed E-state index contributed by atoms with van der Waals surface area (Å²) in [5, 5.41) is 0.421. The number of hydrogen-bond donors (Lipinski definition) is 0. The number of rotatable bonds is 3. The second-order valence-electron chi connectivity index (χ2n) is 6.76. The Morgan fingerprint density at radius 2 is 1.56 bits per heavy atom. The fourth-order valence-electron chi connectivity index (χ4n) is 3.31. The van der Waals surface area contributed by atoms with Crippen molar-refractivity contribution in [1.29, 1.82) is 0 Å². The third-order valence-electron chi connectivity index (χ3n) is 5.03. The molecule has 2 saturated heterocycles. The second-order valence-corrected chi connectivity index (χ2v) is 9.10. The minimum Gasteiger partial charge on any atom is -0.336 e. The number of amides is 1. The molecule has 138 valence electrons. The molecule has 0 atom stereocenters. The van der Waals surface area contributed by atoms with Crippen LogP contribution in [0.2, 0.25) is 5.02 Å². The van der Waals surface area contributed by atoms with Crippen molar-refractivity contribution in [3.63, 3.8) is 0 Å². The Hall–Kier alpha value is -1.15. The molecular weight excluding hydrogens is 362 g/mol. The van der Waals surface area contributed by atoms with Crippen molar-refractivity contribution < 1.29 is 13.2 Å². The standard InChI is InChI=1S/C17H24ClN3O3S/c1-14-6-8-20(9-7-14)25(23,24)21-12-10-19(11-13-21)17(22)15-4-2-3-5-16(15)18/h2-5,14H,6-13H2,1H3. The van der Waals surface area contributed by atoms with Crippen molar-refractivity contribution in [1.82, 2.24) is 13.5 Å². The van der Waals surface area contributed by atoms with Crippen molar-refractivity contribution in [3.8, 4) is 0 Å². The predicted molar refractivity (Wildman–Crippen MR) is 97.8 cm³/mol. The van der Waals surface area contributed by atoms with Gasteiger partial charge in [0.05, 0.1) is 10.6 Å². The zero-order valence-corrected chi connectivity index (χ0v) is 16.0. The zero-order valence-electron chi connectivity index (χ0n) is 14.4. The summed E-state index contributed by atoms with van der Waals surface area (Å²) in [6.45, 7) is 4.74. The lowest BCUT2D eigenvalue weighted by molar-refractivity contribution is 0.0693. The van der Waals surface area contributed by atoms with Crippen molar-refractivity contribution in [2.75, 3.05) is 39.3 Å². The van der Waals surface area contributed by atoms with Crippen LogP contribution in [-0.4, -0.2) is 67.1 Å². The highest BCUT2D eigenvalue weighted by atomic mass is 35.5. The van der Waals surface area contributed by atoms with Crippen molar-refractivity contribution >= 4 is 27.7 Å². The molecule has 0 radical (unpaired) electrons. The Morgan fingerprint density at radius 3 is 2.16 bits per heavy atom. The molecule has 1 amide bonds. The number of piperidine rings is 1. The minimum atomic E-state index is -3.43. The lowest BCUT2D eigenvalue weighted by Crippen LogP contribution is -2.55. The summed E-state index contributed by atoms with van der Waals surface area (Å²) in [5.74, 6) is 0.436. The fourth-order valence-corrected chi connectivity index (χ4v) is 5.15. The molecule has 2 aliphatic rings. The number of benzene rings is 1. The summed E-state index contributed by atoms with van der Waals surface area (Å²) in [6.07, 6.45) is 1.81. The van der Waals surface area contributed by atoms with Crippen LogP contribution in [0.1, 0.15) is 30.1 Å². The van der Waals surface area contributed by atoms with E-state index in [-0.39, 0.29) is 5.91 Å². The third kappa shape index (κ3) is 4.00. The van der Waals surface area contributed by atoms with E-state index in [1.54, 1.807) is 33.5 Å². The van der Waals surface area contributed by atoms with Crippen LogP contribution in [0.25, 0.3) is 0 Å². The van der Waals surface area contributed by atoms with E-state index in [1.165, 1.54) is 4.31 Å². The van der Waals surface area contributed by atoms with E-state index < -0.39 is 10.2 Å². The zero-order chi connectivity index (χ0) is 18.0. The van der Waals surface area contributed by atoms with Crippen LogP contribution in [-0.2, 0) is 10.2 Å². The summed E-state index contributed by atoms with van der Waals surface area (Å²) in [6, 6.07) is 6.94. The van der Waals surface area contributed by atoms with E-state index >= 15 is 0 Å². The van der Waals surface area contributed by atoms with Gasteiger partial charge in [-0.25, -0.2) is 0 Å². The Morgan fingerprint density at radius 1 is 1.00 bits per heavy atom. The van der Waals surface area contributed by atoms with Gasteiger partial charge in [-0.1, -0.05) is 30.7 Å². The van der Waals surface area contributed by atoms with Crippen LogP contribution in [0.4, 0.5) is 0 Å². The average Bonchev–Trinajstić information content (AvgIpc) is 2.62. The van der Waals surface area contributed by atoms with E-state index in [0.717, 1.165) is 12.8 Å². The third-order valence-corrected chi connectivity index (χ3v) is 7.39. The molecule has 3 rings (SSSR count). The van der Waals surface area contributed by atoms with Crippen LogP contribution in [0, 0.1) is 5.92 Å². The van der Waals surface area contributed by atoms with Crippen molar-refractivity contribution in [3.05, 3.63) is 34.9 Å². The van der Waals surface area contributed by atoms with E-state index in [0.29, 0.717) is 55.8 Å². The highest BCUT2D eigenvalue weighted by Crippen LogP contribution is 2.23. The summed E-state index contributed by atoms with van der Waals surface area (Å²) >= 11 is 6.09.